The molecular weight excluding hydrogens is 168 g/mol. The zero-order valence-electron chi connectivity index (χ0n) is 7.33. The molecule has 13 heavy (non-hydrogen) atoms. The second-order valence-corrected chi connectivity index (χ2v) is 1.91. The average Bonchev–Trinajstić information content (AvgIpc) is 2.16. The third kappa shape index (κ3) is 8.19. The van der Waals surface area contributed by atoms with E-state index in [0.29, 0.717) is 0 Å². The van der Waals surface area contributed by atoms with Crippen molar-refractivity contribution in [2.24, 2.45) is 0 Å². The second kappa shape index (κ2) is 8.39. The molecule has 0 radical (unpaired) electrons. The predicted molar refractivity (Wildman–Crippen MR) is 48.4 cm³/mol. The minimum Gasteiger partial charge on any atom is -0.468 e. The van der Waals surface area contributed by atoms with Crippen LogP contribution in [0.15, 0.2) is 12.2 Å². The number of aliphatic hydroxyl groups is 1. The standard InChI is InChI=1S/C10H10O3/c1-13-10(12)8-6-4-2-3-5-7-9-11/h5,7,11H,8-9H2,1H3. The van der Waals surface area contributed by atoms with Crippen molar-refractivity contribution in [1.29, 1.82) is 0 Å². The van der Waals surface area contributed by atoms with Gasteiger partial charge in [0.05, 0.1) is 13.7 Å². The summed E-state index contributed by atoms with van der Waals surface area (Å²) in [5, 5.41) is 8.32. The molecule has 3 nitrogen and oxygen atoms in total. The van der Waals surface area contributed by atoms with Gasteiger partial charge in [-0.05, 0) is 17.9 Å². The lowest BCUT2D eigenvalue weighted by atomic mass is 10.4. The van der Waals surface area contributed by atoms with Crippen LogP contribution in [0.25, 0.3) is 0 Å². The summed E-state index contributed by atoms with van der Waals surface area (Å²) in [7, 11) is 1.31. The third-order valence-electron chi connectivity index (χ3n) is 0.990. The first-order valence-electron chi connectivity index (χ1n) is 3.62. The summed E-state index contributed by atoms with van der Waals surface area (Å²) in [6, 6.07) is 0. The SMILES string of the molecule is COC(=O)CC#CC#CC=CCO. The molecule has 0 saturated heterocycles. The van der Waals surface area contributed by atoms with E-state index in [1.807, 2.05) is 0 Å². The highest BCUT2D eigenvalue weighted by atomic mass is 16.5. The molecule has 1 N–H and O–H groups in total. The van der Waals surface area contributed by atoms with E-state index in [-0.39, 0.29) is 19.0 Å². The number of hydrogen-bond donors (Lipinski definition) is 1. The summed E-state index contributed by atoms with van der Waals surface area (Å²) in [5.41, 5.74) is 0. The number of aliphatic hydroxyl groups excluding tert-OH is 1. The fraction of sp³-hybridized carbons (Fsp3) is 0.300. The summed E-state index contributed by atoms with van der Waals surface area (Å²) >= 11 is 0. The molecule has 0 saturated carbocycles. The summed E-state index contributed by atoms with van der Waals surface area (Å²) in [6.45, 7) is -0.0374. The maximum Gasteiger partial charge on any atom is 0.317 e. The minimum absolute atomic E-state index is 0.0374. The van der Waals surface area contributed by atoms with Crippen molar-refractivity contribution in [2.75, 3.05) is 13.7 Å². The van der Waals surface area contributed by atoms with Crippen molar-refractivity contribution in [2.45, 2.75) is 6.42 Å². The third-order valence-corrected chi connectivity index (χ3v) is 0.990. The number of allylic oxidation sites excluding steroid dienone is 1. The summed E-state index contributed by atoms with van der Waals surface area (Å²) in [4.78, 5) is 10.5. The molecule has 0 amide bonds. The van der Waals surface area contributed by atoms with Crippen LogP contribution < -0.4 is 0 Å². The number of methoxy groups -OCH3 is 1. The first-order valence-corrected chi connectivity index (χ1v) is 3.62. The van der Waals surface area contributed by atoms with E-state index >= 15 is 0 Å². The molecule has 0 aliphatic carbocycles. The smallest absolute Gasteiger partial charge is 0.317 e. The predicted octanol–water partition coefficient (Wildman–Crippen LogP) is 0.105. The van der Waals surface area contributed by atoms with Gasteiger partial charge in [-0.3, -0.25) is 4.79 Å². The molecule has 0 atom stereocenters. The fourth-order valence-electron chi connectivity index (χ4n) is 0.422. The van der Waals surface area contributed by atoms with E-state index in [1.165, 1.54) is 19.3 Å². The Balaban J connectivity index is 3.76. The summed E-state index contributed by atoms with van der Waals surface area (Å²) < 4.78 is 4.36. The fourth-order valence-corrected chi connectivity index (χ4v) is 0.422. The lowest BCUT2D eigenvalue weighted by Gasteiger charge is -1.87. The van der Waals surface area contributed by atoms with Crippen LogP contribution in [0, 0.1) is 23.7 Å². The molecule has 0 heterocycles. The number of ether oxygens (including phenoxy) is 1. The van der Waals surface area contributed by atoms with Crippen LogP contribution in [0.4, 0.5) is 0 Å². The van der Waals surface area contributed by atoms with Gasteiger partial charge in [-0.25, -0.2) is 0 Å². The molecule has 0 aromatic heterocycles. The number of hydrogen-bond acceptors (Lipinski definition) is 3. The normalized spacial score (nSPS) is 8.15. The number of rotatable bonds is 2. The van der Waals surface area contributed by atoms with Gasteiger partial charge in [0.25, 0.3) is 0 Å². The summed E-state index contributed by atoms with van der Waals surface area (Å²) in [5.74, 6) is 9.65. The van der Waals surface area contributed by atoms with E-state index in [4.69, 9.17) is 5.11 Å². The van der Waals surface area contributed by atoms with Gasteiger partial charge < -0.3 is 9.84 Å². The molecule has 0 bridgehead atoms. The largest absolute Gasteiger partial charge is 0.468 e. The highest BCUT2D eigenvalue weighted by Crippen LogP contribution is 1.78. The lowest BCUT2D eigenvalue weighted by molar-refractivity contribution is -0.139. The maximum absolute atomic E-state index is 10.5. The van der Waals surface area contributed by atoms with Crippen LogP contribution in [0.3, 0.4) is 0 Å². The van der Waals surface area contributed by atoms with Crippen molar-refractivity contribution in [3.63, 3.8) is 0 Å². The molecule has 3 heteroatoms. The van der Waals surface area contributed by atoms with Gasteiger partial charge >= 0.3 is 5.97 Å². The minimum atomic E-state index is -0.375. The number of esters is 1. The van der Waals surface area contributed by atoms with Gasteiger partial charge in [0.2, 0.25) is 0 Å². The Morgan fingerprint density at radius 2 is 2.31 bits per heavy atom. The van der Waals surface area contributed by atoms with Crippen LogP contribution >= 0.6 is 0 Å². The molecule has 0 spiro atoms. The number of carbonyl (C=O) groups excluding carboxylic acids is 1. The molecule has 68 valence electrons. The van der Waals surface area contributed by atoms with Crippen molar-refractivity contribution in [3.05, 3.63) is 12.2 Å². The van der Waals surface area contributed by atoms with Crippen molar-refractivity contribution < 1.29 is 14.6 Å². The zero-order valence-corrected chi connectivity index (χ0v) is 7.33. The molecule has 0 fully saturated rings. The van der Waals surface area contributed by atoms with Crippen LogP contribution in [-0.4, -0.2) is 24.8 Å². The van der Waals surface area contributed by atoms with Crippen molar-refractivity contribution in [1.82, 2.24) is 0 Å². The van der Waals surface area contributed by atoms with Gasteiger partial charge in [0.15, 0.2) is 0 Å². The first-order chi connectivity index (χ1) is 6.31. The highest BCUT2D eigenvalue weighted by Gasteiger charge is 1.91. The van der Waals surface area contributed by atoms with Gasteiger partial charge in [-0.1, -0.05) is 17.9 Å². The van der Waals surface area contributed by atoms with Gasteiger partial charge in [-0.15, -0.1) is 0 Å². The van der Waals surface area contributed by atoms with Crippen LogP contribution in [0.2, 0.25) is 0 Å². The monoisotopic (exact) mass is 178 g/mol. The average molecular weight is 178 g/mol. The Morgan fingerprint density at radius 3 is 2.92 bits per heavy atom. The Labute approximate surface area is 77.4 Å². The van der Waals surface area contributed by atoms with E-state index in [9.17, 15) is 4.79 Å². The molecule has 0 aromatic carbocycles. The molecule has 0 aliphatic heterocycles. The maximum atomic E-state index is 10.5. The van der Waals surface area contributed by atoms with Crippen LogP contribution in [-0.2, 0) is 9.53 Å². The molecule has 0 aliphatic rings. The number of carbonyl (C=O) groups is 1. The zero-order chi connectivity index (χ0) is 9.94. The van der Waals surface area contributed by atoms with Gasteiger partial charge in [-0.2, -0.15) is 0 Å². The van der Waals surface area contributed by atoms with Crippen LogP contribution in [0.5, 0.6) is 0 Å². The topological polar surface area (TPSA) is 46.5 Å². The molecule has 0 unspecified atom stereocenters. The Hall–Kier alpha value is -1.71. The quantitative estimate of drug-likeness (QED) is 0.482. The lowest BCUT2D eigenvalue weighted by Crippen LogP contribution is -1.96. The van der Waals surface area contributed by atoms with Crippen molar-refractivity contribution in [3.8, 4) is 23.7 Å². The van der Waals surface area contributed by atoms with Gasteiger partial charge in [0.1, 0.15) is 6.42 Å². The Bertz CT molecular complexity index is 294. The van der Waals surface area contributed by atoms with E-state index in [1.54, 1.807) is 0 Å². The van der Waals surface area contributed by atoms with E-state index in [2.05, 4.69) is 28.4 Å². The van der Waals surface area contributed by atoms with E-state index in [0.717, 1.165) is 0 Å². The summed E-state index contributed by atoms with van der Waals surface area (Å²) in [6.07, 6.45) is 3.04. The Kier molecular flexibility index (Phi) is 7.28. The molecule has 0 rings (SSSR count). The highest BCUT2D eigenvalue weighted by molar-refractivity contribution is 5.72. The first kappa shape index (κ1) is 11.3. The molecule has 0 aromatic rings. The molecular formula is C10H10O3. The van der Waals surface area contributed by atoms with E-state index < -0.39 is 0 Å². The van der Waals surface area contributed by atoms with Crippen molar-refractivity contribution >= 4 is 5.97 Å². The Morgan fingerprint density at radius 1 is 1.54 bits per heavy atom. The second-order valence-electron chi connectivity index (χ2n) is 1.91. The van der Waals surface area contributed by atoms with Crippen LogP contribution in [0.1, 0.15) is 6.42 Å². The van der Waals surface area contributed by atoms with Gasteiger partial charge in [0, 0.05) is 0 Å².